The van der Waals surface area contributed by atoms with Gasteiger partial charge in [0, 0.05) is 24.2 Å². The van der Waals surface area contributed by atoms with E-state index in [-0.39, 0.29) is 11.6 Å². The number of methoxy groups -OCH3 is 1. The van der Waals surface area contributed by atoms with Crippen LogP contribution in [0.1, 0.15) is 16.1 Å². The number of para-hydroxylation sites is 1. The van der Waals surface area contributed by atoms with Crippen LogP contribution in [0, 0.1) is 0 Å². The molecule has 0 atom stereocenters. The van der Waals surface area contributed by atoms with Gasteiger partial charge in [-0.2, -0.15) is 0 Å². The lowest BCUT2D eigenvalue weighted by Gasteiger charge is -2.17. The van der Waals surface area contributed by atoms with E-state index < -0.39 is 0 Å². The molecule has 0 spiro atoms. The van der Waals surface area contributed by atoms with Crippen molar-refractivity contribution in [3.05, 3.63) is 70.0 Å². The monoisotopic (exact) mass is 390 g/mol. The molecule has 1 amide bonds. The third-order valence-electron chi connectivity index (χ3n) is 3.81. The number of hydrogen-bond donors (Lipinski definition) is 0. The van der Waals surface area contributed by atoms with E-state index >= 15 is 0 Å². The van der Waals surface area contributed by atoms with Crippen LogP contribution in [0.25, 0.3) is 5.69 Å². The summed E-state index contributed by atoms with van der Waals surface area (Å²) < 4.78 is 6.79. The van der Waals surface area contributed by atoms with E-state index in [2.05, 4.69) is 10.3 Å². The van der Waals surface area contributed by atoms with Crippen molar-refractivity contribution in [2.45, 2.75) is 6.54 Å². The van der Waals surface area contributed by atoms with Crippen molar-refractivity contribution in [2.24, 2.45) is 0 Å². The molecule has 1 aromatic heterocycles. The summed E-state index contributed by atoms with van der Waals surface area (Å²) in [7, 11) is 3.25. The SMILES string of the molecule is COc1ccc(Cl)cc1CN(C)C(=O)c1cn(-c2ccccc2Cl)nn1. The molecule has 0 saturated carbocycles. The number of carbonyl (C=O) groups is 1. The standard InChI is InChI=1S/C18H16Cl2N4O2/c1-23(10-12-9-13(19)7-8-17(12)26-2)18(25)15-11-24(22-21-15)16-6-4-3-5-14(16)20/h3-9,11H,10H2,1-2H3. The van der Waals surface area contributed by atoms with Crippen molar-refractivity contribution in [3.63, 3.8) is 0 Å². The zero-order valence-corrected chi connectivity index (χ0v) is 15.7. The lowest BCUT2D eigenvalue weighted by atomic mass is 10.2. The van der Waals surface area contributed by atoms with Crippen molar-refractivity contribution in [1.82, 2.24) is 19.9 Å². The topological polar surface area (TPSA) is 60.2 Å². The molecule has 0 saturated heterocycles. The number of ether oxygens (including phenoxy) is 1. The van der Waals surface area contributed by atoms with Crippen LogP contribution in [0.15, 0.2) is 48.7 Å². The summed E-state index contributed by atoms with van der Waals surface area (Å²) >= 11 is 12.2. The van der Waals surface area contributed by atoms with Crippen LogP contribution in [0.3, 0.4) is 0 Å². The van der Waals surface area contributed by atoms with Gasteiger partial charge in [-0.15, -0.1) is 5.10 Å². The van der Waals surface area contributed by atoms with Gasteiger partial charge < -0.3 is 9.64 Å². The summed E-state index contributed by atoms with van der Waals surface area (Å²) in [6, 6.07) is 12.5. The second-order valence-electron chi connectivity index (χ2n) is 5.62. The van der Waals surface area contributed by atoms with Crippen LogP contribution in [0.4, 0.5) is 0 Å². The van der Waals surface area contributed by atoms with Gasteiger partial charge >= 0.3 is 0 Å². The molecule has 2 aromatic carbocycles. The second kappa shape index (κ2) is 7.76. The molecule has 0 radical (unpaired) electrons. The zero-order valence-electron chi connectivity index (χ0n) is 14.2. The largest absolute Gasteiger partial charge is 0.496 e. The van der Waals surface area contributed by atoms with Crippen molar-refractivity contribution in [3.8, 4) is 11.4 Å². The van der Waals surface area contributed by atoms with Gasteiger partial charge in [-0.25, -0.2) is 4.68 Å². The Morgan fingerprint density at radius 2 is 2.00 bits per heavy atom. The smallest absolute Gasteiger partial charge is 0.276 e. The Morgan fingerprint density at radius 1 is 1.23 bits per heavy atom. The summed E-state index contributed by atoms with van der Waals surface area (Å²) in [4.78, 5) is 14.2. The number of aromatic nitrogens is 3. The Kier molecular flexibility index (Phi) is 5.44. The lowest BCUT2D eigenvalue weighted by molar-refractivity contribution is 0.0778. The molecule has 0 unspecified atom stereocenters. The number of hydrogen-bond acceptors (Lipinski definition) is 4. The molecule has 0 bridgehead atoms. The van der Waals surface area contributed by atoms with Crippen LogP contribution < -0.4 is 4.74 Å². The molecular formula is C18H16Cl2N4O2. The highest BCUT2D eigenvalue weighted by Gasteiger charge is 2.18. The number of carbonyl (C=O) groups excluding carboxylic acids is 1. The number of rotatable bonds is 5. The Morgan fingerprint density at radius 3 is 2.73 bits per heavy atom. The van der Waals surface area contributed by atoms with Crippen LogP contribution in [0.5, 0.6) is 5.75 Å². The van der Waals surface area contributed by atoms with Crippen LogP contribution >= 0.6 is 23.2 Å². The van der Waals surface area contributed by atoms with E-state index in [4.69, 9.17) is 27.9 Å². The maximum absolute atomic E-state index is 12.7. The first kappa shape index (κ1) is 18.2. The molecule has 6 nitrogen and oxygen atoms in total. The van der Waals surface area contributed by atoms with Crippen LogP contribution in [0.2, 0.25) is 10.0 Å². The molecule has 0 aliphatic carbocycles. The Bertz CT molecular complexity index is 942. The van der Waals surface area contributed by atoms with Gasteiger partial charge in [-0.1, -0.05) is 40.5 Å². The van der Waals surface area contributed by atoms with E-state index in [0.717, 1.165) is 5.56 Å². The quantitative estimate of drug-likeness (QED) is 0.663. The highest BCUT2D eigenvalue weighted by molar-refractivity contribution is 6.32. The highest BCUT2D eigenvalue weighted by atomic mass is 35.5. The van der Waals surface area contributed by atoms with Gasteiger partial charge in [0.1, 0.15) is 5.75 Å². The van der Waals surface area contributed by atoms with E-state index in [1.165, 1.54) is 9.58 Å². The van der Waals surface area contributed by atoms with Crippen molar-refractivity contribution >= 4 is 29.1 Å². The van der Waals surface area contributed by atoms with Crippen LogP contribution in [-0.4, -0.2) is 40.0 Å². The molecule has 0 fully saturated rings. The molecule has 1 heterocycles. The first-order valence-electron chi connectivity index (χ1n) is 7.74. The minimum atomic E-state index is -0.273. The maximum atomic E-state index is 12.7. The first-order chi connectivity index (χ1) is 12.5. The number of amides is 1. The lowest BCUT2D eigenvalue weighted by Crippen LogP contribution is -2.26. The molecule has 3 rings (SSSR count). The third-order valence-corrected chi connectivity index (χ3v) is 4.36. The van der Waals surface area contributed by atoms with Crippen LogP contribution in [-0.2, 0) is 6.54 Å². The molecule has 0 aliphatic heterocycles. The normalized spacial score (nSPS) is 10.6. The van der Waals surface area contributed by atoms with E-state index in [1.807, 2.05) is 12.1 Å². The predicted octanol–water partition coefficient (Wildman–Crippen LogP) is 3.85. The molecule has 0 aliphatic rings. The summed E-state index contributed by atoms with van der Waals surface area (Å²) in [5.41, 5.74) is 1.67. The summed E-state index contributed by atoms with van der Waals surface area (Å²) in [5.74, 6) is 0.388. The Hall–Kier alpha value is -2.57. The van der Waals surface area contributed by atoms with Gasteiger partial charge in [-0.05, 0) is 30.3 Å². The molecule has 0 N–H and O–H groups in total. The van der Waals surface area contributed by atoms with Crippen molar-refractivity contribution < 1.29 is 9.53 Å². The van der Waals surface area contributed by atoms with Gasteiger partial charge in [-0.3, -0.25) is 4.79 Å². The summed E-state index contributed by atoms with van der Waals surface area (Å²) in [6.45, 7) is 0.321. The average molecular weight is 391 g/mol. The molecule has 3 aromatic rings. The minimum Gasteiger partial charge on any atom is -0.496 e. The van der Waals surface area contributed by atoms with E-state index in [0.29, 0.717) is 28.0 Å². The summed E-state index contributed by atoms with van der Waals surface area (Å²) in [5, 5.41) is 9.05. The zero-order chi connectivity index (χ0) is 18.7. The fourth-order valence-corrected chi connectivity index (χ4v) is 2.93. The van der Waals surface area contributed by atoms with Gasteiger partial charge in [0.25, 0.3) is 5.91 Å². The Balaban J connectivity index is 1.80. The summed E-state index contributed by atoms with van der Waals surface area (Å²) in [6.07, 6.45) is 1.55. The third kappa shape index (κ3) is 3.81. The molecule has 134 valence electrons. The fraction of sp³-hybridized carbons (Fsp3) is 0.167. The predicted molar refractivity (Wildman–Crippen MR) is 100 cm³/mol. The molecule has 26 heavy (non-hydrogen) atoms. The van der Waals surface area contributed by atoms with E-state index in [9.17, 15) is 4.79 Å². The average Bonchev–Trinajstić information content (AvgIpc) is 3.11. The molecular weight excluding hydrogens is 375 g/mol. The number of nitrogens with zero attached hydrogens (tertiary/aromatic N) is 4. The maximum Gasteiger partial charge on any atom is 0.276 e. The Labute approximate surface area is 160 Å². The van der Waals surface area contributed by atoms with Gasteiger partial charge in [0.15, 0.2) is 5.69 Å². The van der Waals surface area contributed by atoms with Gasteiger partial charge in [0.05, 0.1) is 24.0 Å². The number of benzene rings is 2. The second-order valence-corrected chi connectivity index (χ2v) is 6.46. The van der Waals surface area contributed by atoms with Crippen molar-refractivity contribution in [1.29, 1.82) is 0 Å². The molecule has 8 heteroatoms. The van der Waals surface area contributed by atoms with Crippen molar-refractivity contribution in [2.75, 3.05) is 14.2 Å². The van der Waals surface area contributed by atoms with E-state index in [1.54, 1.807) is 50.7 Å². The minimum absolute atomic E-state index is 0.216. The first-order valence-corrected chi connectivity index (χ1v) is 8.50. The fourth-order valence-electron chi connectivity index (χ4n) is 2.51. The number of halogens is 2. The van der Waals surface area contributed by atoms with Gasteiger partial charge in [0.2, 0.25) is 0 Å². The highest BCUT2D eigenvalue weighted by Crippen LogP contribution is 2.24.